The lowest BCUT2D eigenvalue weighted by Gasteiger charge is -2.13. The number of hydrogen-bond acceptors (Lipinski definition) is 2. The minimum Gasteiger partial charge on any atom is -0.457 e. The molecular weight excluding hydrogens is 374 g/mol. The van der Waals surface area contributed by atoms with Crippen molar-refractivity contribution in [2.75, 3.05) is 11.9 Å². The van der Waals surface area contributed by atoms with Gasteiger partial charge in [0, 0.05) is 18.3 Å². The van der Waals surface area contributed by atoms with Crippen LogP contribution in [-0.2, 0) is 11.2 Å². The largest absolute Gasteiger partial charge is 0.457 e. The zero-order chi connectivity index (χ0) is 13.6. The molecule has 1 amide bonds. The van der Waals surface area contributed by atoms with Crippen LogP contribution in [0.4, 0.5) is 5.69 Å². The van der Waals surface area contributed by atoms with Crippen LogP contribution in [0.1, 0.15) is 21.5 Å². The van der Waals surface area contributed by atoms with Gasteiger partial charge in [-0.3, -0.25) is 4.79 Å². The first-order valence-electron chi connectivity index (χ1n) is 5.84. The molecule has 0 fully saturated rings. The molecule has 1 aliphatic heterocycles. The summed E-state index contributed by atoms with van der Waals surface area (Å²) in [5.41, 5.74) is 4.23. The Morgan fingerprint density at radius 3 is 2.84 bits per heavy atom. The summed E-state index contributed by atoms with van der Waals surface area (Å²) in [5, 5.41) is 0. The highest BCUT2D eigenvalue weighted by Crippen LogP contribution is 2.38. The molecule has 2 heterocycles. The van der Waals surface area contributed by atoms with Crippen molar-refractivity contribution < 1.29 is 9.21 Å². The normalized spacial score (nSPS) is 15.7. The van der Waals surface area contributed by atoms with Crippen LogP contribution in [0.3, 0.4) is 0 Å². The fourth-order valence-corrected chi connectivity index (χ4v) is 3.73. The van der Waals surface area contributed by atoms with Crippen LogP contribution in [0.5, 0.6) is 0 Å². The SMILES string of the molecule is CN1C(=O)Cc2cc(C(Br)c3ccoc3Br)ccc21. The number of hydrogen-bond donors (Lipinski definition) is 0. The number of carbonyl (C=O) groups is 1. The summed E-state index contributed by atoms with van der Waals surface area (Å²) in [6, 6.07) is 8.04. The maximum absolute atomic E-state index is 11.7. The number of alkyl halides is 1. The first-order chi connectivity index (χ1) is 9.08. The Labute approximate surface area is 127 Å². The molecule has 5 heteroatoms. The molecule has 1 unspecified atom stereocenters. The first-order valence-corrected chi connectivity index (χ1v) is 7.55. The molecule has 0 spiro atoms. The van der Waals surface area contributed by atoms with Crippen molar-refractivity contribution in [3.63, 3.8) is 0 Å². The van der Waals surface area contributed by atoms with Gasteiger partial charge < -0.3 is 9.32 Å². The number of anilines is 1. The molecule has 0 aliphatic carbocycles. The fourth-order valence-electron chi connectivity index (χ4n) is 2.31. The predicted octanol–water partition coefficient (Wildman–Crippen LogP) is 4.05. The third-order valence-corrected chi connectivity index (χ3v) is 5.06. The molecule has 2 aromatic rings. The van der Waals surface area contributed by atoms with Crippen molar-refractivity contribution in [1.82, 2.24) is 0 Å². The van der Waals surface area contributed by atoms with E-state index in [9.17, 15) is 4.79 Å². The summed E-state index contributed by atoms with van der Waals surface area (Å²) < 4.78 is 5.98. The van der Waals surface area contributed by atoms with E-state index in [2.05, 4.69) is 37.9 Å². The minimum absolute atomic E-state index is 0.0481. The molecule has 19 heavy (non-hydrogen) atoms. The standard InChI is InChI=1S/C14H11Br2NO2/c1-17-11-3-2-8(6-9(11)7-12(17)18)13(15)10-4-5-19-14(10)16/h2-6,13H,7H2,1H3. The maximum atomic E-state index is 11.7. The van der Waals surface area contributed by atoms with Crippen molar-refractivity contribution in [2.24, 2.45) is 0 Å². The fraction of sp³-hybridized carbons (Fsp3) is 0.214. The molecule has 0 radical (unpaired) electrons. The second-order valence-corrected chi connectivity index (χ2v) is 6.17. The number of furan rings is 1. The average molecular weight is 385 g/mol. The highest BCUT2D eigenvalue weighted by molar-refractivity contribution is 9.10. The van der Waals surface area contributed by atoms with Crippen molar-refractivity contribution >= 4 is 43.5 Å². The summed E-state index contributed by atoms with van der Waals surface area (Å²) in [5.74, 6) is 0.141. The van der Waals surface area contributed by atoms with Gasteiger partial charge in [-0.2, -0.15) is 0 Å². The lowest BCUT2D eigenvalue weighted by Crippen LogP contribution is -2.20. The zero-order valence-corrected chi connectivity index (χ0v) is 13.4. The van der Waals surface area contributed by atoms with Crippen molar-refractivity contribution in [2.45, 2.75) is 11.2 Å². The summed E-state index contributed by atoms with van der Waals surface area (Å²) in [7, 11) is 1.81. The van der Waals surface area contributed by atoms with Crippen LogP contribution in [0.15, 0.2) is 39.6 Å². The average Bonchev–Trinajstić information content (AvgIpc) is 2.93. The van der Waals surface area contributed by atoms with E-state index in [1.54, 1.807) is 11.2 Å². The third kappa shape index (κ3) is 2.15. The number of benzene rings is 1. The predicted molar refractivity (Wildman–Crippen MR) is 80.7 cm³/mol. The number of fused-ring (bicyclic) bond motifs is 1. The smallest absolute Gasteiger partial charge is 0.231 e. The third-order valence-electron chi connectivity index (χ3n) is 3.39. The molecular formula is C14H11Br2NO2. The van der Waals surface area contributed by atoms with Crippen LogP contribution in [-0.4, -0.2) is 13.0 Å². The number of nitrogens with zero attached hydrogens (tertiary/aromatic N) is 1. The number of rotatable bonds is 2. The molecule has 3 nitrogen and oxygen atoms in total. The molecule has 1 aromatic heterocycles. The zero-order valence-electron chi connectivity index (χ0n) is 10.2. The van der Waals surface area contributed by atoms with E-state index in [1.807, 2.05) is 25.2 Å². The van der Waals surface area contributed by atoms with Crippen LogP contribution in [0.2, 0.25) is 0 Å². The van der Waals surface area contributed by atoms with Gasteiger partial charge >= 0.3 is 0 Å². The van der Waals surface area contributed by atoms with Gasteiger partial charge in [0.25, 0.3) is 0 Å². The van der Waals surface area contributed by atoms with Gasteiger partial charge in [-0.1, -0.05) is 28.1 Å². The maximum Gasteiger partial charge on any atom is 0.231 e. The highest BCUT2D eigenvalue weighted by Gasteiger charge is 2.25. The van der Waals surface area contributed by atoms with E-state index in [4.69, 9.17) is 4.42 Å². The molecule has 98 valence electrons. The first kappa shape index (κ1) is 12.9. The molecule has 1 atom stereocenters. The molecule has 0 saturated heterocycles. The van der Waals surface area contributed by atoms with Crippen LogP contribution >= 0.6 is 31.9 Å². The topological polar surface area (TPSA) is 33.5 Å². The number of likely N-dealkylation sites (N-methyl/N-ethyl adjacent to an activating group) is 1. The number of carbonyl (C=O) groups excluding carboxylic acids is 1. The summed E-state index contributed by atoms with van der Waals surface area (Å²) in [6.07, 6.45) is 2.13. The Morgan fingerprint density at radius 1 is 1.37 bits per heavy atom. The second-order valence-electron chi connectivity index (χ2n) is 4.53. The second kappa shape index (κ2) is 4.80. The van der Waals surface area contributed by atoms with Gasteiger partial charge in [0.05, 0.1) is 17.5 Å². The Bertz CT molecular complexity index is 651. The molecule has 1 aliphatic rings. The number of amides is 1. The lowest BCUT2D eigenvalue weighted by molar-refractivity contribution is -0.117. The molecule has 0 bridgehead atoms. The molecule has 3 rings (SSSR count). The molecule has 1 aromatic carbocycles. The number of halogens is 2. The Morgan fingerprint density at radius 2 is 2.16 bits per heavy atom. The summed E-state index contributed by atoms with van der Waals surface area (Å²) >= 11 is 7.06. The summed E-state index contributed by atoms with van der Waals surface area (Å²) in [6.45, 7) is 0. The monoisotopic (exact) mass is 383 g/mol. The van der Waals surface area contributed by atoms with Gasteiger partial charge in [0.1, 0.15) is 0 Å². The Kier molecular flexibility index (Phi) is 3.27. The van der Waals surface area contributed by atoms with E-state index in [1.165, 1.54) is 0 Å². The quantitative estimate of drug-likeness (QED) is 0.732. The van der Waals surface area contributed by atoms with Crippen molar-refractivity contribution in [3.8, 4) is 0 Å². The van der Waals surface area contributed by atoms with Crippen molar-refractivity contribution in [3.05, 3.63) is 51.9 Å². The van der Waals surface area contributed by atoms with Gasteiger partial charge in [-0.15, -0.1) is 0 Å². The summed E-state index contributed by atoms with van der Waals surface area (Å²) in [4.78, 5) is 13.4. The van der Waals surface area contributed by atoms with E-state index >= 15 is 0 Å². The van der Waals surface area contributed by atoms with Gasteiger partial charge in [0.2, 0.25) is 5.91 Å². The van der Waals surface area contributed by atoms with E-state index in [0.717, 1.165) is 27.0 Å². The Hall–Kier alpha value is -1.07. The lowest BCUT2D eigenvalue weighted by atomic mass is 10.0. The van der Waals surface area contributed by atoms with Crippen LogP contribution in [0.25, 0.3) is 0 Å². The van der Waals surface area contributed by atoms with E-state index < -0.39 is 0 Å². The van der Waals surface area contributed by atoms with E-state index in [-0.39, 0.29) is 10.7 Å². The van der Waals surface area contributed by atoms with Crippen LogP contribution < -0.4 is 4.90 Å². The molecule has 0 N–H and O–H groups in total. The van der Waals surface area contributed by atoms with Gasteiger partial charge in [-0.25, -0.2) is 0 Å². The Balaban J connectivity index is 1.98. The minimum atomic E-state index is 0.0481. The van der Waals surface area contributed by atoms with Crippen molar-refractivity contribution in [1.29, 1.82) is 0 Å². The van der Waals surface area contributed by atoms with Gasteiger partial charge in [-0.05, 0) is 39.2 Å². The van der Waals surface area contributed by atoms with Gasteiger partial charge in [0.15, 0.2) is 4.67 Å². The van der Waals surface area contributed by atoms with E-state index in [0.29, 0.717) is 6.42 Å². The molecule has 0 saturated carbocycles. The van der Waals surface area contributed by atoms with Crippen LogP contribution in [0, 0.1) is 0 Å². The highest BCUT2D eigenvalue weighted by atomic mass is 79.9.